The van der Waals surface area contributed by atoms with E-state index >= 15 is 0 Å². The fourth-order valence-electron chi connectivity index (χ4n) is 1.82. The van der Waals surface area contributed by atoms with Gasteiger partial charge in [0.05, 0.1) is 12.7 Å². The average molecular weight is 268 g/mol. The topological polar surface area (TPSA) is 84.5 Å². The molecule has 1 heterocycles. The number of aromatic nitrogens is 2. The lowest BCUT2D eigenvalue weighted by Crippen LogP contribution is -2.33. The van der Waals surface area contributed by atoms with Gasteiger partial charge in [-0.15, -0.1) is 0 Å². The molecule has 0 aliphatic rings. The molecule has 0 spiro atoms. The van der Waals surface area contributed by atoms with Gasteiger partial charge in [0.2, 0.25) is 0 Å². The molecule has 1 unspecified atom stereocenters. The van der Waals surface area contributed by atoms with Crippen molar-refractivity contribution in [3.63, 3.8) is 0 Å². The number of aliphatic hydroxyl groups is 1. The van der Waals surface area contributed by atoms with Crippen molar-refractivity contribution in [2.24, 2.45) is 0 Å². The number of nitrogen functional groups attached to an aromatic ring is 1. The normalized spacial score (nSPS) is 12.8. The van der Waals surface area contributed by atoms with Gasteiger partial charge in [-0.05, 0) is 6.92 Å². The van der Waals surface area contributed by atoms with Crippen molar-refractivity contribution < 1.29 is 9.84 Å². The number of methoxy groups -OCH3 is 1. The molecular weight excluding hydrogens is 244 g/mol. The molecule has 0 aliphatic carbocycles. The summed E-state index contributed by atoms with van der Waals surface area (Å²) < 4.78 is 4.92. The zero-order valence-corrected chi connectivity index (χ0v) is 12.3. The number of nitrogens with two attached hydrogens (primary N) is 1. The molecule has 0 bridgehead atoms. The molecule has 0 aromatic carbocycles. The summed E-state index contributed by atoms with van der Waals surface area (Å²) in [6.07, 6.45) is -0.562. The summed E-state index contributed by atoms with van der Waals surface area (Å²) in [4.78, 5) is 10.7. The number of hydrogen-bond acceptors (Lipinski definition) is 6. The number of ether oxygens (including phenoxy) is 1. The number of nitrogens with zero attached hydrogens (tertiary/aromatic N) is 3. The first kappa shape index (κ1) is 15.7. The molecule has 108 valence electrons. The third kappa shape index (κ3) is 4.04. The van der Waals surface area contributed by atoms with Crippen molar-refractivity contribution in [3.05, 3.63) is 11.4 Å². The van der Waals surface area contributed by atoms with Gasteiger partial charge in [0.1, 0.15) is 17.5 Å². The van der Waals surface area contributed by atoms with Crippen LogP contribution in [0.2, 0.25) is 0 Å². The van der Waals surface area contributed by atoms with Crippen LogP contribution in [0, 0.1) is 6.92 Å². The molecule has 6 nitrogen and oxygen atoms in total. The molecule has 0 amide bonds. The molecule has 1 rings (SSSR count). The summed E-state index contributed by atoms with van der Waals surface area (Å²) in [6.45, 7) is 6.65. The van der Waals surface area contributed by atoms with Crippen LogP contribution in [-0.2, 0) is 4.74 Å². The van der Waals surface area contributed by atoms with Crippen molar-refractivity contribution >= 4 is 11.6 Å². The van der Waals surface area contributed by atoms with Gasteiger partial charge < -0.3 is 20.5 Å². The zero-order valence-electron chi connectivity index (χ0n) is 12.3. The van der Waals surface area contributed by atoms with E-state index in [9.17, 15) is 5.11 Å². The number of rotatable bonds is 6. The highest BCUT2D eigenvalue weighted by Crippen LogP contribution is 2.23. The maximum Gasteiger partial charge on any atom is 0.137 e. The Bertz CT molecular complexity index is 423. The standard InChI is InChI=1S/C13H24N4O2/c1-8(2)12-15-11(14)9(3)13(16-12)17(4)6-10(18)7-19-5/h8,10,18H,6-7H2,1-5H3,(H2,14,15,16). The predicted molar refractivity (Wildman–Crippen MR) is 76.4 cm³/mol. The highest BCUT2D eigenvalue weighted by molar-refractivity contribution is 5.56. The Morgan fingerprint density at radius 3 is 2.53 bits per heavy atom. The second-order valence-electron chi connectivity index (χ2n) is 5.06. The van der Waals surface area contributed by atoms with Gasteiger partial charge in [0.25, 0.3) is 0 Å². The maximum absolute atomic E-state index is 9.78. The van der Waals surface area contributed by atoms with E-state index in [4.69, 9.17) is 10.5 Å². The Morgan fingerprint density at radius 2 is 2.00 bits per heavy atom. The number of anilines is 2. The van der Waals surface area contributed by atoms with E-state index in [0.29, 0.717) is 24.8 Å². The second-order valence-corrected chi connectivity index (χ2v) is 5.06. The Kier molecular flexibility index (Phi) is 5.50. The van der Waals surface area contributed by atoms with Crippen molar-refractivity contribution in [2.75, 3.05) is 37.9 Å². The molecule has 0 saturated carbocycles. The second kappa shape index (κ2) is 6.68. The van der Waals surface area contributed by atoms with Gasteiger partial charge in [-0.25, -0.2) is 9.97 Å². The van der Waals surface area contributed by atoms with E-state index in [2.05, 4.69) is 9.97 Å². The van der Waals surface area contributed by atoms with Crippen molar-refractivity contribution in [3.8, 4) is 0 Å². The third-order valence-corrected chi connectivity index (χ3v) is 2.90. The van der Waals surface area contributed by atoms with E-state index in [1.54, 1.807) is 7.11 Å². The predicted octanol–water partition coefficient (Wildman–Crippen LogP) is 0.934. The molecule has 19 heavy (non-hydrogen) atoms. The van der Waals surface area contributed by atoms with Crippen LogP contribution < -0.4 is 10.6 Å². The monoisotopic (exact) mass is 268 g/mol. The minimum absolute atomic E-state index is 0.207. The highest BCUT2D eigenvalue weighted by atomic mass is 16.5. The SMILES string of the molecule is COCC(O)CN(C)c1nc(C(C)C)nc(N)c1C. The molecule has 0 radical (unpaired) electrons. The minimum Gasteiger partial charge on any atom is -0.389 e. The smallest absolute Gasteiger partial charge is 0.137 e. The largest absolute Gasteiger partial charge is 0.389 e. The first-order valence-electron chi connectivity index (χ1n) is 6.39. The van der Waals surface area contributed by atoms with Gasteiger partial charge in [0, 0.05) is 32.2 Å². The minimum atomic E-state index is -0.562. The highest BCUT2D eigenvalue weighted by Gasteiger charge is 2.16. The van der Waals surface area contributed by atoms with Crippen LogP contribution in [0.1, 0.15) is 31.2 Å². The van der Waals surface area contributed by atoms with Crippen LogP contribution in [-0.4, -0.2) is 48.5 Å². The van der Waals surface area contributed by atoms with E-state index < -0.39 is 6.10 Å². The fourth-order valence-corrected chi connectivity index (χ4v) is 1.82. The Hall–Kier alpha value is -1.40. The molecule has 0 saturated heterocycles. The molecule has 0 fully saturated rings. The van der Waals surface area contributed by atoms with Gasteiger partial charge in [0.15, 0.2) is 0 Å². The lowest BCUT2D eigenvalue weighted by Gasteiger charge is -2.24. The molecular formula is C13H24N4O2. The molecule has 6 heteroatoms. The average Bonchev–Trinajstić information content (AvgIpc) is 2.32. The van der Waals surface area contributed by atoms with Crippen molar-refractivity contribution in [1.82, 2.24) is 9.97 Å². The number of aliphatic hydroxyl groups excluding tert-OH is 1. The summed E-state index contributed by atoms with van der Waals surface area (Å²) in [6, 6.07) is 0. The Labute approximate surface area is 114 Å². The van der Waals surface area contributed by atoms with Gasteiger partial charge >= 0.3 is 0 Å². The molecule has 1 aromatic heterocycles. The van der Waals surface area contributed by atoms with Crippen molar-refractivity contribution in [2.45, 2.75) is 32.8 Å². The molecule has 0 aliphatic heterocycles. The molecule has 1 atom stereocenters. The summed E-state index contributed by atoms with van der Waals surface area (Å²) in [7, 11) is 3.44. The van der Waals surface area contributed by atoms with Gasteiger partial charge in [-0.1, -0.05) is 13.8 Å². The van der Waals surface area contributed by atoms with Crippen LogP contribution in [0.25, 0.3) is 0 Å². The maximum atomic E-state index is 9.78. The zero-order chi connectivity index (χ0) is 14.6. The first-order chi connectivity index (χ1) is 8.86. The van der Waals surface area contributed by atoms with Crippen LogP contribution in [0.5, 0.6) is 0 Å². The van der Waals surface area contributed by atoms with E-state index in [1.807, 2.05) is 32.7 Å². The van der Waals surface area contributed by atoms with Gasteiger partial charge in [-0.2, -0.15) is 0 Å². The number of hydrogen-bond donors (Lipinski definition) is 2. The van der Waals surface area contributed by atoms with Crippen LogP contribution >= 0.6 is 0 Å². The molecule has 3 N–H and O–H groups in total. The summed E-state index contributed by atoms with van der Waals surface area (Å²) in [5, 5.41) is 9.78. The number of likely N-dealkylation sites (N-methyl/N-ethyl adjacent to an activating group) is 1. The fraction of sp³-hybridized carbons (Fsp3) is 0.692. The third-order valence-electron chi connectivity index (χ3n) is 2.90. The van der Waals surface area contributed by atoms with Crippen LogP contribution in [0.4, 0.5) is 11.6 Å². The summed E-state index contributed by atoms with van der Waals surface area (Å²) >= 11 is 0. The Balaban J connectivity index is 2.98. The lowest BCUT2D eigenvalue weighted by molar-refractivity contribution is 0.0694. The molecule has 1 aromatic rings. The van der Waals surface area contributed by atoms with E-state index in [1.165, 1.54) is 0 Å². The van der Waals surface area contributed by atoms with Gasteiger partial charge in [-0.3, -0.25) is 0 Å². The van der Waals surface area contributed by atoms with E-state index in [0.717, 1.165) is 11.4 Å². The lowest BCUT2D eigenvalue weighted by atomic mass is 10.2. The Morgan fingerprint density at radius 1 is 1.37 bits per heavy atom. The summed E-state index contributed by atoms with van der Waals surface area (Å²) in [5.41, 5.74) is 6.75. The van der Waals surface area contributed by atoms with E-state index in [-0.39, 0.29) is 5.92 Å². The van der Waals surface area contributed by atoms with Crippen molar-refractivity contribution in [1.29, 1.82) is 0 Å². The summed E-state index contributed by atoms with van der Waals surface area (Å²) in [5.74, 6) is 2.17. The van der Waals surface area contributed by atoms with Crippen LogP contribution in [0.15, 0.2) is 0 Å². The quantitative estimate of drug-likeness (QED) is 0.798. The van der Waals surface area contributed by atoms with Crippen LogP contribution in [0.3, 0.4) is 0 Å². The first-order valence-corrected chi connectivity index (χ1v) is 6.39.